The number of amides is 1. The molecule has 1 aromatic heterocycles. The van der Waals surface area contributed by atoms with Crippen molar-refractivity contribution in [3.8, 4) is 0 Å². The fourth-order valence-corrected chi connectivity index (χ4v) is 4.59. The summed E-state index contributed by atoms with van der Waals surface area (Å²) in [7, 11) is 0. The summed E-state index contributed by atoms with van der Waals surface area (Å²) in [6.45, 7) is 0.547. The molecule has 0 saturated heterocycles. The standard InChI is InChI=1S/C22H27N3O3/c26-20-10-6-9-17-14-24(15-18(17)20)19(13-16-7-2-1-3-8-16)22(27)23-21-11-4-5-12-25(21)28/h4-6,9,11-12,14,16,18-19,28H,1-3,7-8,10,13,15H2/t18?,19-/m0/s1. The zero-order valence-electron chi connectivity index (χ0n) is 16.0. The third kappa shape index (κ3) is 3.96. The number of rotatable bonds is 4. The van der Waals surface area contributed by atoms with Crippen molar-refractivity contribution in [2.24, 2.45) is 16.8 Å². The van der Waals surface area contributed by atoms with Crippen LogP contribution < -0.4 is 5.49 Å². The predicted octanol–water partition coefficient (Wildman–Crippen LogP) is 2.84. The molecular weight excluding hydrogens is 354 g/mol. The first-order chi connectivity index (χ1) is 13.6. The van der Waals surface area contributed by atoms with Gasteiger partial charge < -0.3 is 10.1 Å². The monoisotopic (exact) mass is 381 g/mol. The van der Waals surface area contributed by atoms with Crippen molar-refractivity contribution < 1.29 is 14.8 Å². The van der Waals surface area contributed by atoms with Gasteiger partial charge in [0.25, 0.3) is 5.91 Å². The number of hydrogen-bond acceptors (Lipinski definition) is 4. The number of fused-ring (bicyclic) bond motifs is 1. The molecule has 4 rings (SSSR count). The SMILES string of the molecule is O=C1CC=CC2=CN([C@@H](CC3CCCCC3)C(=O)N=c3ccccn3O)CC12. The van der Waals surface area contributed by atoms with Gasteiger partial charge in [-0.3, -0.25) is 9.59 Å². The summed E-state index contributed by atoms with van der Waals surface area (Å²) >= 11 is 0. The van der Waals surface area contributed by atoms with E-state index in [4.69, 9.17) is 0 Å². The summed E-state index contributed by atoms with van der Waals surface area (Å²) in [5.41, 5.74) is 1.22. The highest BCUT2D eigenvalue weighted by molar-refractivity contribution is 5.89. The van der Waals surface area contributed by atoms with Crippen molar-refractivity contribution in [2.45, 2.75) is 51.0 Å². The maximum atomic E-state index is 13.1. The fraction of sp³-hybridized carbons (Fsp3) is 0.500. The molecule has 1 amide bonds. The van der Waals surface area contributed by atoms with E-state index in [1.807, 2.05) is 23.3 Å². The van der Waals surface area contributed by atoms with Crippen LogP contribution in [-0.2, 0) is 9.59 Å². The third-order valence-electron chi connectivity index (χ3n) is 6.14. The Balaban J connectivity index is 1.61. The Labute approximate surface area is 164 Å². The van der Waals surface area contributed by atoms with Gasteiger partial charge in [-0.05, 0) is 30.0 Å². The van der Waals surface area contributed by atoms with E-state index < -0.39 is 6.04 Å². The van der Waals surface area contributed by atoms with Gasteiger partial charge in [0.05, 0.1) is 5.92 Å². The lowest BCUT2D eigenvalue weighted by Gasteiger charge is -2.31. The molecule has 2 atom stereocenters. The molecule has 148 valence electrons. The van der Waals surface area contributed by atoms with Crippen molar-refractivity contribution in [1.82, 2.24) is 9.63 Å². The molecule has 0 radical (unpaired) electrons. The molecular formula is C22H27N3O3. The molecule has 0 aromatic carbocycles. The number of Topliss-reactive ketones (excluding diaryl/α,β-unsaturated/α-hetero) is 1. The quantitative estimate of drug-likeness (QED) is 0.814. The van der Waals surface area contributed by atoms with Crippen molar-refractivity contribution in [3.05, 3.63) is 53.8 Å². The Morgan fingerprint density at radius 3 is 2.82 bits per heavy atom. The van der Waals surface area contributed by atoms with Gasteiger partial charge in [-0.2, -0.15) is 9.72 Å². The Kier molecular flexibility index (Phi) is 5.46. The lowest BCUT2D eigenvalue weighted by Crippen LogP contribution is -2.40. The Hall–Kier alpha value is -2.63. The van der Waals surface area contributed by atoms with Crippen LogP contribution >= 0.6 is 0 Å². The summed E-state index contributed by atoms with van der Waals surface area (Å²) in [5, 5.41) is 9.92. The maximum Gasteiger partial charge on any atom is 0.270 e. The number of ketones is 1. The number of carbonyl (C=O) groups is 2. The molecule has 1 unspecified atom stereocenters. The van der Waals surface area contributed by atoms with E-state index in [0.29, 0.717) is 18.9 Å². The molecule has 28 heavy (non-hydrogen) atoms. The van der Waals surface area contributed by atoms with Gasteiger partial charge >= 0.3 is 0 Å². The highest BCUT2D eigenvalue weighted by atomic mass is 16.5. The second kappa shape index (κ2) is 8.17. The Bertz CT molecular complexity index is 877. The molecule has 1 saturated carbocycles. The first kappa shape index (κ1) is 18.7. The molecule has 6 nitrogen and oxygen atoms in total. The van der Waals surface area contributed by atoms with Gasteiger partial charge in [0.15, 0.2) is 5.49 Å². The molecule has 1 fully saturated rings. The summed E-state index contributed by atoms with van der Waals surface area (Å²) in [5.74, 6) is 0.327. The third-order valence-corrected chi connectivity index (χ3v) is 6.14. The van der Waals surface area contributed by atoms with Crippen LogP contribution in [0.1, 0.15) is 44.9 Å². The Morgan fingerprint density at radius 2 is 2.07 bits per heavy atom. The molecule has 3 aliphatic rings. The minimum atomic E-state index is -0.400. The molecule has 0 bridgehead atoms. The van der Waals surface area contributed by atoms with E-state index in [0.717, 1.165) is 29.6 Å². The van der Waals surface area contributed by atoms with E-state index in [2.05, 4.69) is 4.99 Å². The number of aromatic nitrogens is 1. The predicted molar refractivity (Wildman–Crippen MR) is 104 cm³/mol. The second-order valence-electron chi connectivity index (χ2n) is 8.06. The molecule has 1 aromatic rings. The lowest BCUT2D eigenvalue weighted by atomic mass is 9.84. The smallest absolute Gasteiger partial charge is 0.270 e. The van der Waals surface area contributed by atoms with Crippen LogP contribution in [0.25, 0.3) is 0 Å². The van der Waals surface area contributed by atoms with E-state index in [1.165, 1.54) is 25.5 Å². The van der Waals surface area contributed by atoms with Gasteiger partial charge in [-0.15, -0.1) is 0 Å². The first-order valence-corrected chi connectivity index (χ1v) is 10.2. The molecule has 1 aliphatic heterocycles. The van der Waals surface area contributed by atoms with E-state index in [9.17, 15) is 14.8 Å². The average molecular weight is 381 g/mol. The molecule has 1 N–H and O–H groups in total. The average Bonchev–Trinajstić information content (AvgIpc) is 3.14. The van der Waals surface area contributed by atoms with Crippen LogP contribution in [0.4, 0.5) is 0 Å². The molecule has 0 spiro atoms. The van der Waals surface area contributed by atoms with Crippen molar-refractivity contribution >= 4 is 11.7 Å². The largest absolute Gasteiger partial charge is 0.427 e. The van der Waals surface area contributed by atoms with Gasteiger partial charge in [0, 0.05) is 25.4 Å². The molecule has 2 aliphatic carbocycles. The molecule has 6 heteroatoms. The van der Waals surface area contributed by atoms with Gasteiger partial charge in [-0.25, -0.2) is 0 Å². The number of carbonyl (C=O) groups excluding carboxylic acids is 2. The van der Waals surface area contributed by atoms with E-state index >= 15 is 0 Å². The first-order valence-electron chi connectivity index (χ1n) is 10.2. The van der Waals surface area contributed by atoms with Crippen molar-refractivity contribution in [3.63, 3.8) is 0 Å². The second-order valence-corrected chi connectivity index (χ2v) is 8.06. The van der Waals surface area contributed by atoms with E-state index in [1.54, 1.807) is 18.2 Å². The summed E-state index contributed by atoms with van der Waals surface area (Å²) in [6.07, 6.45) is 14.5. The Morgan fingerprint density at radius 1 is 1.25 bits per heavy atom. The van der Waals surface area contributed by atoms with Gasteiger partial charge in [0.1, 0.15) is 11.8 Å². The summed E-state index contributed by atoms with van der Waals surface area (Å²) in [6, 6.07) is 4.63. The summed E-state index contributed by atoms with van der Waals surface area (Å²) < 4.78 is 0.865. The minimum Gasteiger partial charge on any atom is -0.427 e. The van der Waals surface area contributed by atoms with Crippen LogP contribution in [0.3, 0.4) is 0 Å². The lowest BCUT2D eigenvalue weighted by molar-refractivity contribution is -0.125. The van der Waals surface area contributed by atoms with Crippen LogP contribution in [0.15, 0.2) is 53.3 Å². The van der Waals surface area contributed by atoms with E-state index in [-0.39, 0.29) is 23.1 Å². The highest BCUT2D eigenvalue weighted by Gasteiger charge is 2.37. The summed E-state index contributed by atoms with van der Waals surface area (Å²) in [4.78, 5) is 31.6. The zero-order chi connectivity index (χ0) is 19.5. The van der Waals surface area contributed by atoms with Gasteiger partial charge in [0.2, 0.25) is 0 Å². The minimum absolute atomic E-state index is 0.133. The number of hydrogen-bond donors (Lipinski definition) is 1. The van der Waals surface area contributed by atoms with Crippen LogP contribution in [0.2, 0.25) is 0 Å². The normalized spacial score (nSPS) is 24.2. The van der Waals surface area contributed by atoms with Crippen molar-refractivity contribution in [2.75, 3.05) is 6.54 Å². The molecule has 2 heterocycles. The van der Waals surface area contributed by atoms with Crippen molar-refractivity contribution in [1.29, 1.82) is 0 Å². The van der Waals surface area contributed by atoms with Crippen LogP contribution in [-0.4, -0.2) is 39.1 Å². The fourth-order valence-electron chi connectivity index (χ4n) is 4.59. The topological polar surface area (TPSA) is 74.9 Å². The maximum absolute atomic E-state index is 13.1. The number of pyridine rings is 1. The zero-order valence-corrected chi connectivity index (χ0v) is 16.0. The van der Waals surface area contributed by atoms with Crippen LogP contribution in [0, 0.1) is 11.8 Å². The van der Waals surface area contributed by atoms with Crippen LogP contribution in [0.5, 0.6) is 0 Å². The number of nitrogens with zero attached hydrogens (tertiary/aromatic N) is 3. The highest BCUT2D eigenvalue weighted by Crippen LogP contribution is 2.34. The van der Waals surface area contributed by atoms with Gasteiger partial charge in [-0.1, -0.05) is 50.3 Å². The number of allylic oxidation sites excluding steroid dienone is 2.